The molecule has 1 aromatic heterocycles. The largest absolute Gasteiger partial charge is 0.348 e. The number of nitrogens with zero attached hydrogens (tertiary/aromatic N) is 2. The quantitative estimate of drug-likeness (QED) is 0.706. The number of hydrogen-bond donors (Lipinski definition) is 0. The van der Waals surface area contributed by atoms with Crippen LogP contribution in [0.1, 0.15) is 23.9 Å². The molecule has 1 saturated heterocycles. The van der Waals surface area contributed by atoms with Gasteiger partial charge in [0.2, 0.25) is 0 Å². The molecule has 15 heavy (non-hydrogen) atoms. The summed E-state index contributed by atoms with van der Waals surface area (Å²) < 4.78 is 0. The van der Waals surface area contributed by atoms with Crippen LogP contribution in [0.3, 0.4) is 0 Å². The molecular weight excluding hydrogens is 228 g/mol. The van der Waals surface area contributed by atoms with Crippen molar-refractivity contribution in [3.05, 3.63) is 10.6 Å². The zero-order valence-corrected chi connectivity index (χ0v) is 11.0. The van der Waals surface area contributed by atoms with Crippen LogP contribution in [-0.2, 0) is 0 Å². The minimum Gasteiger partial charge on any atom is -0.348 e. The Balaban J connectivity index is 2.12. The summed E-state index contributed by atoms with van der Waals surface area (Å²) in [7, 11) is 0. The van der Waals surface area contributed by atoms with Gasteiger partial charge >= 0.3 is 0 Å². The van der Waals surface area contributed by atoms with Gasteiger partial charge in [-0.2, -0.15) is 0 Å². The number of alkyl halides is 1. The van der Waals surface area contributed by atoms with E-state index >= 15 is 0 Å². The van der Waals surface area contributed by atoms with Crippen LogP contribution in [0, 0.1) is 19.8 Å². The SMILES string of the molecule is Cc1nc(N2CCC(Cl)C(C)C2)sc1C. The molecule has 4 heteroatoms. The number of hydrogen-bond acceptors (Lipinski definition) is 3. The van der Waals surface area contributed by atoms with E-state index in [4.69, 9.17) is 11.6 Å². The van der Waals surface area contributed by atoms with Crippen molar-refractivity contribution in [2.24, 2.45) is 5.92 Å². The second-order valence-corrected chi connectivity index (χ2v) is 6.11. The van der Waals surface area contributed by atoms with Gasteiger partial charge in [-0.15, -0.1) is 22.9 Å². The molecule has 0 amide bonds. The highest BCUT2D eigenvalue weighted by atomic mass is 35.5. The first kappa shape index (κ1) is 11.2. The van der Waals surface area contributed by atoms with Crippen molar-refractivity contribution in [3.8, 4) is 0 Å². The third-order valence-electron chi connectivity index (χ3n) is 3.09. The van der Waals surface area contributed by atoms with E-state index in [-0.39, 0.29) is 0 Å². The molecule has 2 nitrogen and oxygen atoms in total. The predicted octanol–water partition coefficient (Wildman–Crippen LogP) is 3.21. The third kappa shape index (κ3) is 2.28. The molecule has 2 unspecified atom stereocenters. The fraction of sp³-hybridized carbons (Fsp3) is 0.727. The normalized spacial score (nSPS) is 27.1. The first-order chi connectivity index (χ1) is 7.08. The van der Waals surface area contributed by atoms with E-state index in [9.17, 15) is 0 Å². The van der Waals surface area contributed by atoms with Crippen molar-refractivity contribution < 1.29 is 0 Å². The van der Waals surface area contributed by atoms with Gasteiger partial charge in [-0.25, -0.2) is 4.98 Å². The summed E-state index contributed by atoms with van der Waals surface area (Å²) in [4.78, 5) is 8.29. The summed E-state index contributed by atoms with van der Waals surface area (Å²) >= 11 is 8.01. The number of aromatic nitrogens is 1. The highest BCUT2D eigenvalue weighted by Gasteiger charge is 2.25. The molecule has 84 valence electrons. The average molecular weight is 245 g/mol. The zero-order chi connectivity index (χ0) is 11.0. The van der Waals surface area contributed by atoms with Crippen LogP contribution in [0.15, 0.2) is 0 Å². The van der Waals surface area contributed by atoms with Crippen LogP contribution in [0.5, 0.6) is 0 Å². The molecule has 1 aliphatic rings. The lowest BCUT2D eigenvalue weighted by atomic mass is 10.0. The first-order valence-electron chi connectivity index (χ1n) is 5.41. The maximum Gasteiger partial charge on any atom is 0.185 e. The molecule has 1 aromatic rings. The molecular formula is C11H17ClN2S. The molecule has 0 radical (unpaired) electrons. The van der Waals surface area contributed by atoms with Gasteiger partial charge in [0.05, 0.1) is 5.69 Å². The Bertz CT molecular complexity index is 331. The van der Waals surface area contributed by atoms with Crippen molar-refractivity contribution in [1.29, 1.82) is 0 Å². The summed E-state index contributed by atoms with van der Waals surface area (Å²) in [6.07, 6.45) is 1.07. The van der Waals surface area contributed by atoms with Gasteiger partial charge in [-0.1, -0.05) is 6.92 Å². The monoisotopic (exact) mass is 244 g/mol. The van der Waals surface area contributed by atoms with Crippen molar-refractivity contribution >= 4 is 28.1 Å². The van der Waals surface area contributed by atoms with Gasteiger partial charge in [0.1, 0.15) is 0 Å². The van der Waals surface area contributed by atoms with Crippen LogP contribution in [-0.4, -0.2) is 23.5 Å². The highest BCUT2D eigenvalue weighted by molar-refractivity contribution is 7.15. The number of anilines is 1. The van der Waals surface area contributed by atoms with Crippen molar-refractivity contribution in [2.45, 2.75) is 32.6 Å². The molecule has 0 aromatic carbocycles. The molecule has 2 atom stereocenters. The lowest BCUT2D eigenvalue weighted by Gasteiger charge is -2.33. The van der Waals surface area contributed by atoms with Crippen LogP contribution >= 0.6 is 22.9 Å². The zero-order valence-electron chi connectivity index (χ0n) is 9.46. The molecule has 0 bridgehead atoms. The maximum absolute atomic E-state index is 6.21. The van der Waals surface area contributed by atoms with Gasteiger partial charge in [0.25, 0.3) is 0 Å². The van der Waals surface area contributed by atoms with Gasteiger partial charge in [0.15, 0.2) is 5.13 Å². The molecule has 0 spiro atoms. The molecule has 2 heterocycles. The van der Waals surface area contributed by atoms with Gasteiger partial charge in [-0.3, -0.25) is 0 Å². The topological polar surface area (TPSA) is 16.1 Å². The molecule has 1 aliphatic heterocycles. The predicted molar refractivity (Wildman–Crippen MR) is 67.2 cm³/mol. The fourth-order valence-electron chi connectivity index (χ4n) is 1.88. The first-order valence-corrected chi connectivity index (χ1v) is 6.66. The number of piperidine rings is 1. The Morgan fingerprint density at radius 1 is 1.47 bits per heavy atom. The van der Waals surface area contributed by atoms with Crippen molar-refractivity contribution in [3.63, 3.8) is 0 Å². The summed E-state index contributed by atoms with van der Waals surface area (Å²) in [5.41, 5.74) is 1.16. The lowest BCUT2D eigenvalue weighted by Crippen LogP contribution is -2.39. The van der Waals surface area contributed by atoms with E-state index < -0.39 is 0 Å². The minimum absolute atomic E-state index is 0.336. The smallest absolute Gasteiger partial charge is 0.185 e. The molecule has 0 N–H and O–H groups in total. The van der Waals surface area contributed by atoms with Crippen molar-refractivity contribution in [1.82, 2.24) is 4.98 Å². The van der Waals surface area contributed by atoms with Gasteiger partial charge < -0.3 is 4.90 Å². The summed E-state index contributed by atoms with van der Waals surface area (Å²) in [6, 6.07) is 0. The molecule has 1 fully saturated rings. The summed E-state index contributed by atoms with van der Waals surface area (Å²) in [6.45, 7) is 8.52. The second-order valence-electron chi connectivity index (χ2n) is 4.37. The number of rotatable bonds is 1. The van der Waals surface area contributed by atoms with E-state index in [1.807, 2.05) is 0 Å². The van der Waals surface area contributed by atoms with Gasteiger partial charge in [-0.05, 0) is 26.2 Å². The van der Waals surface area contributed by atoms with E-state index in [1.54, 1.807) is 11.3 Å². The van der Waals surface area contributed by atoms with Crippen LogP contribution in [0.2, 0.25) is 0 Å². The molecule has 0 aliphatic carbocycles. The number of halogens is 1. The fourth-order valence-corrected chi connectivity index (χ4v) is 3.00. The van der Waals surface area contributed by atoms with Crippen LogP contribution in [0.4, 0.5) is 5.13 Å². The standard InChI is InChI=1S/C11H17ClN2S/c1-7-6-14(5-4-10(7)12)11-13-8(2)9(3)15-11/h7,10H,4-6H2,1-3H3. The van der Waals surface area contributed by atoms with E-state index in [2.05, 4.69) is 30.7 Å². The van der Waals surface area contributed by atoms with E-state index in [1.165, 1.54) is 10.0 Å². The highest BCUT2D eigenvalue weighted by Crippen LogP contribution is 2.30. The Labute approximate surface area is 100 Å². The summed E-state index contributed by atoms with van der Waals surface area (Å²) in [5, 5.41) is 1.50. The number of thiazole rings is 1. The second kappa shape index (κ2) is 4.30. The summed E-state index contributed by atoms with van der Waals surface area (Å²) in [5.74, 6) is 0.560. The van der Waals surface area contributed by atoms with E-state index in [0.29, 0.717) is 11.3 Å². The Morgan fingerprint density at radius 2 is 2.20 bits per heavy atom. The molecule has 0 saturated carbocycles. The van der Waals surface area contributed by atoms with Crippen LogP contribution < -0.4 is 4.90 Å². The minimum atomic E-state index is 0.336. The maximum atomic E-state index is 6.21. The average Bonchev–Trinajstić information content (AvgIpc) is 2.52. The number of aryl methyl sites for hydroxylation is 2. The van der Waals surface area contributed by atoms with Crippen LogP contribution in [0.25, 0.3) is 0 Å². The Morgan fingerprint density at radius 3 is 2.73 bits per heavy atom. The lowest BCUT2D eigenvalue weighted by molar-refractivity contribution is 0.454. The van der Waals surface area contributed by atoms with Crippen molar-refractivity contribution in [2.75, 3.05) is 18.0 Å². The Kier molecular flexibility index (Phi) is 3.21. The Hall–Kier alpha value is -0.280. The van der Waals surface area contributed by atoms with E-state index in [0.717, 1.165) is 25.2 Å². The third-order valence-corrected chi connectivity index (χ3v) is 4.87. The molecule has 2 rings (SSSR count). The van der Waals surface area contributed by atoms with Gasteiger partial charge in [0, 0.05) is 23.3 Å².